The van der Waals surface area contributed by atoms with Crippen molar-refractivity contribution < 1.29 is 9.53 Å². The molecule has 32 heavy (non-hydrogen) atoms. The number of carbonyl (C=O) groups is 1. The number of hydrogen-bond acceptors (Lipinski definition) is 5. The van der Waals surface area contributed by atoms with Gasteiger partial charge in [0.25, 0.3) is 0 Å². The second-order valence-electron chi connectivity index (χ2n) is 6.92. The molecule has 2 aromatic carbocycles. The third kappa shape index (κ3) is 4.09. The Bertz CT molecular complexity index is 1460. The van der Waals surface area contributed by atoms with Crippen LogP contribution in [0.25, 0.3) is 16.9 Å². The predicted molar refractivity (Wildman–Crippen MR) is 121 cm³/mol. The number of para-hydroxylation sites is 1. The lowest BCUT2D eigenvalue weighted by Crippen LogP contribution is -1.97. The summed E-state index contributed by atoms with van der Waals surface area (Å²) in [4.78, 5) is 19.5. The maximum atomic E-state index is 10.9. The average Bonchev–Trinajstić information content (AvgIpc) is 3.26. The largest absolute Gasteiger partial charge is 0.439 e. The molecule has 0 aliphatic rings. The lowest BCUT2D eigenvalue weighted by molar-refractivity contribution is 0.112. The van der Waals surface area contributed by atoms with Crippen molar-refractivity contribution in [3.63, 3.8) is 0 Å². The maximum absolute atomic E-state index is 10.9. The molecule has 3 heterocycles. The molecule has 0 amide bonds. The zero-order valence-corrected chi connectivity index (χ0v) is 16.8. The molecule has 3 aromatic heterocycles. The van der Waals surface area contributed by atoms with Crippen LogP contribution in [0.2, 0.25) is 0 Å². The third-order valence-electron chi connectivity index (χ3n) is 4.74. The summed E-state index contributed by atoms with van der Waals surface area (Å²) in [6.45, 7) is 0. The number of pyridine rings is 1. The lowest BCUT2D eigenvalue weighted by Gasteiger charge is -2.04. The van der Waals surface area contributed by atoms with E-state index in [4.69, 9.17) is 4.74 Å². The number of hydrogen-bond donors (Lipinski definition) is 0. The van der Waals surface area contributed by atoms with E-state index in [2.05, 4.69) is 26.9 Å². The molecule has 0 unspecified atom stereocenters. The Balaban J connectivity index is 1.44. The molecule has 0 aliphatic carbocycles. The fraction of sp³-hybridized carbons (Fsp3) is 0. The Hall–Kier alpha value is -4.76. The molecule has 0 radical (unpaired) electrons. The van der Waals surface area contributed by atoms with E-state index in [0.29, 0.717) is 28.5 Å². The van der Waals surface area contributed by atoms with Crippen LogP contribution in [-0.4, -0.2) is 25.9 Å². The van der Waals surface area contributed by atoms with Gasteiger partial charge in [0.15, 0.2) is 5.65 Å². The van der Waals surface area contributed by atoms with Gasteiger partial charge >= 0.3 is 0 Å². The number of nitrogens with zero attached hydrogens (tertiary/aromatic N) is 4. The van der Waals surface area contributed by atoms with Gasteiger partial charge in [-0.2, -0.15) is 5.10 Å². The van der Waals surface area contributed by atoms with E-state index in [1.54, 1.807) is 35.1 Å². The highest BCUT2D eigenvalue weighted by Crippen LogP contribution is 2.20. The van der Waals surface area contributed by atoms with Crippen molar-refractivity contribution >= 4 is 11.9 Å². The molecule has 152 valence electrons. The summed E-state index contributed by atoms with van der Waals surface area (Å²) < 4.78 is 7.48. The van der Waals surface area contributed by atoms with Crippen molar-refractivity contribution in [1.82, 2.24) is 19.6 Å². The van der Waals surface area contributed by atoms with Crippen LogP contribution in [0, 0.1) is 11.8 Å². The summed E-state index contributed by atoms with van der Waals surface area (Å²) in [5, 5.41) is 4.67. The van der Waals surface area contributed by atoms with E-state index in [1.807, 2.05) is 60.7 Å². The van der Waals surface area contributed by atoms with Crippen LogP contribution in [-0.2, 0) is 0 Å². The first-order chi connectivity index (χ1) is 15.8. The van der Waals surface area contributed by atoms with Gasteiger partial charge in [-0.25, -0.2) is 14.5 Å². The van der Waals surface area contributed by atoms with Crippen LogP contribution < -0.4 is 4.74 Å². The van der Waals surface area contributed by atoms with Crippen molar-refractivity contribution in [3.8, 4) is 34.7 Å². The molecule has 0 N–H and O–H groups in total. The Morgan fingerprint density at radius 1 is 0.875 bits per heavy atom. The molecule has 0 aliphatic heterocycles. The van der Waals surface area contributed by atoms with E-state index in [1.165, 1.54) is 0 Å². The van der Waals surface area contributed by atoms with E-state index in [0.717, 1.165) is 23.1 Å². The van der Waals surface area contributed by atoms with E-state index in [9.17, 15) is 4.79 Å². The van der Waals surface area contributed by atoms with Crippen LogP contribution in [0.4, 0.5) is 0 Å². The molecule has 0 atom stereocenters. The molecule has 5 aromatic rings. The highest BCUT2D eigenvalue weighted by atomic mass is 16.5. The van der Waals surface area contributed by atoms with Gasteiger partial charge in [0.2, 0.25) is 5.88 Å². The van der Waals surface area contributed by atoms with Crippen molar-refractivity contribution in [2.24, 2.45) is 0 Å². The van der Waals surface area contributed by atoms with Gasteiger partial charge in [-0.3, -0.25) is 4.79 Å². The number of fused-ring (bicyclic) bond motifs is 1. The molecule has 5 rings (SSSR count). The summed E-state index contributed by atoms with van der Waals surface area (Å²) in [6.07, 6.45) is 4.17. The molecule has 0 spiro atoms. The fourth-order valence-corrected chi connectivity index (χ4v) is 3.13. The summed E-state index contributed by atoms with van der Waals surface area (Å²) in [7, 11) is 0. The zero-order valence-electron chi connectivity index (χ0n) is 16.8. The van der Waals surface area contributed by atoms with Crippen LogP contribution in [0.1, 0.15) is 21.6 Å². The number of carbonyl (C=O) groups excluding carboxylic acids is 1. The smallest absolute Gasteiger partial charge is 0.220 e. The monoisotopic (exact) mass is 416 g/mol. The van der Waals surface area contributed by atoms with Gasteiger partial charge in [0, 0.05) is 29.0 Å². The van der Waals surface area contributed by atoms with Crippen molar-refractivity contribution in [2.75, 3.05) is 0 Å². The first-order valence-electron chi connectivity index (χ1n) is 9.90. The van der Waals surface area contributed by atoms with Crippen LogP contribution in [0.3, 0.4) is 0 Å². The Morgan fingerprint density at radius 2 is 1.72 bits per heavy atom. The highest BCUT2D eigenvalue weighted by molar-refractivity contribution is 5.76. The van der Waals surface area contributed by atoms with Gasteiger partial charge in [-0.15, -0.1) is 0 Å². The van der Waals surface area contributed by atoms with Crippen molar-refractivity contribution in [3.05, 3.63) is 108 Å². The number of ether oxygens (including phenoxy) is 1. The minimum Gasteiger partial charge on any atom is -0.439 e. The predicted octanol–water partition coefficient (Wildman–Crippen LogP) is 4.80. The first kappa shape index (κ1) is 19.2. The molecule has 6 heteroatoms. The number of benzene rings is 2. The van der Waals surface area contributed by atoms with Crippen LogP contribution in [0.5, 0.6) is 11.6 Å². The number of aromatic nitrogens is 4. The highest BCUT2D eigenvalue weighted by Gasteiger charge is 2.06. The Labute approximate surface area is 184 Å². The number of aldehydes is 1. The van der Waals surface area contributed by atoms with Gasteiger partial charge in [-0.05, 0) is 36.3 Å². The summed E-state index contributed by atoms with van der Waals surface area (Å²) in [5.74, 6) is 7.45. The van der Waals surface area contributed by atoms with Gasteiger partial charge in [0.1, 0.15) is 17.7 Å². The summed E-state index contributed by atoms with van der Waals surface area (Å²) in [5.41, 5.74) is 4.41. The molecule has 0 fully saturated rings. The van der Waals surface area contributed by atoms with Gasteiger partial charge in [0.05, 0.1) is 11.9 Å². The van der Waals surface area contributed by atoms with Crippen LogP contribution >= 0.6 is 0 Å². The molecule has 0 saturated carbocycles. The minimum atomic E-state index is 0.473. The SMILES string of the molecule is O=Cc1ccc(-c2ccc3ncc(C#Cc4ccnc(Oc5ccccc5)c4)n3n2)cc1. The van der Waals surface area contributed by atoms with Gasteiger partial charge < -0.3 is 4.74 Å². The lowest BCUT2D eigenvalue weighted by atomic mass is 10.1. The average molecular weight is 416 g/mol. The topological polar surface area (TPSA) is 69.4 Å². The first-order valence-corrected chi connectivity index (χ1v) is 9.90. The number of rotatable bonds is 4. The summed E-state index contributed by atoms with van der Waals surface area (Å²) >= 11 is 0. The van der Waals surface area contributed by atoms with Crippen LogP contribution in [0.15, 0.2) is 91.3 Å². The fourth-order valence-electron chi connectivity index (χ4n) is 3.13. The van der Waals surface area contributed by atoms with E-state index < -0.39 is 0 Å². The Kier molecular flexibility index (Phi) is 5.13. The van der Waals surface area contributed by atoms with E-state index >= 15 is 0 Å². The second-order valence-corrected chi connectivity index (χ2v) is 6.92. The van der Waals surface area contributed by atoms with E-state index in [-0.39, 0.29) is 0 Å². The Morgan fingerprint density at radius 3 is 2.53 bits per heavy atom. The van der Waals surface area contributed by atoms with Crippen molar-refractivity contribution in [2.45, 2.75) is 0 Å². The van der Waals surface area contributed by atoms with Gasteiger partial charge in [-0.1, -0.05) is 48.4 Å². The molecule has 6 nitrogen and oxygen atoms in total. The maximum Gasteiger partial charge on any atom is 0.220 e. The molecular formula is C26H16N4O2. The third-order valence-corrected chi connectivity index (χ3v) is 4.74. The normalized spacial score (nSPS) is 10.4. The molecular weight excluding hydrogens is 400 g/mol. The molecule has 0 saturated heterocycles. The number of imidazole rings is 1. The van der Waals surface area contributed by atoms with Crippen molar-refractivity contribution in [1.29, 1.82) is 0 Å². The zero-order chi connectivity index (χ0) is 21.8. The quantitative estimate of drug-likeness (QED) is 0.311. The molecule has 0 bridgehead atoms. The standard InChI is InChI=1S/C26H16N4O2/c31-18-20-6-9-21(10-7-20)24-12-13-25-28-17-22(30(25)29-24)11-8-19-14-15-27-26(16-19)32-23-4-2-1-3-5-23/h1-7,9-10,12-18H. The summed E-state index contributed by atoms with van der Waals surface area (Å²) in [6, 6.07) is 24.1. The minimum absolute atomic E-state index is 0.473. The second kappa shape index (κ2) is 8.54.